The Morgan fingerprint density at radius 2 is 2.50 bits per heavy atom. The van der Waals surface area contributed by atoms with Crippen molar-refractivity contribution in [3.05, 3.63) is 28.5 Å². The number of aromatic nitrogens is 1. The van der Waals surface area contributed by atoms with Crippen molar-refractivity contribution in [1.29, 1.82) is 0 Å². The summed E-state index contributed by atoms with van der Waals surface area (Å²) in [7, 11) is 0. The van der Waals surface area contributed by atoms with Crippen molar-refractivity contribution in [3.63, 3.8) is 0 Å². The Morgan fingerprint density at radius 3 is 3.19 bits per heavy atom. The summed E-state index contributed by atoms with van der Waals surface area (Å²) in [5.74, 6) is 0. The molecule has 2 rings (SSSR count). The van der Waals surface area contributed by atoms with E-state index >= 15 is 0 Å². The largest absolute Gasteiger partial charge is 0.377 e. The van der Waals surface area contributed by atoms with Crippen molar-refractivity contribution >= 4 is 15.9 Å². The third-order valence-corrected chi connectivity index (χ3v) is 3.34. The Labute approximate surface area is 105 Å². The monoisotopic (exact) mass is 284 g/mol. The van der Waals surface area contributed by atoms with Crippen LogP contribution in [0, 0.1) is 0 Å². The van der Waals surface area contributed by atoms with Crippen molar-refractivity contribution in [2.75, 3.05) is 6.61 Å². The first-order valence-electron chi connectivity index (χ1n) is 5.72. The van der Waals surface area contributed by atoms with E-state index in [1.807, 2.05) is 18.2 Å². The summed E-state index contributed by atoms with van der Waals surface area (Å²) in [4.78, 5) is 4.39. The lowest BCUT2D eigenvalue weighted by Gasteiger charge is -2.19. The molecule has 2 heterocycles. The van der Waals surface area contributed by atoms with Gasteiger partial charge in [-0.3, -0.25) is 0 Å². The van der Waals surface area contributed by atoms with E-state index in [1.165, 1.54) is 12.8 Å². The maximum Gasteiger partial charge on any atom is 0.106 e. The lowest BCUT2D eigenvalue weighted by atomic mass is 10.1. The van der Waals surface area contributed by atoms with Gasteiger partial charge in [0.05, 0.1) is 11.8 Å². The van der Waals surface area contributed by atoms with Gasteiger partial charge in [0, 0.05) is 19.2 Å². The highest BCUT2D eigenvalue weighted by molar-refractivity contribution is 9.10. The van der Waals surface area contributed by atoms with Gasteiger partial charge in [-0.1, -0.05) is 6.07 Å². The number of nitrogens with one attached hydrogen (secondary N) is 1. The van der Waals surface area contributed by atoms with Gasteiger partial charge in [-0.15, -0.1) is 0 Å². The third-order valence-electron chi connectivity index (χ3n) is 2.90. The van der Waals surface area contributed by atoms with E-state index in [4.69, 9.17) is 4.74 Å². The number of rotatable bonds is 4. The Balaban J connectivity index is 1.82. The van der Waals surface area contributed by atoms with E-state index in [0.29, 0.717) is 12.1 Å². The highest BCUT2D eigenvalue weighted by atomic mass is 79.9. The SMILES string of the molecule is CC(NCc1cccc(Br)n1)C1CCCO1. The number of nitrogens with zero attached hydrogens (tertiary/aromatic N) is 1. The second-order valence-corrected chi connectivity index (χ2v) is 4.99. The molecular weight excluding hydrogens is 268 g/mol. The summed E-state index contributed by atoms with van der Waals surface area (Å²) in [5, 5.41) is 3.46. The molecule has 0 saturated carbocycles. The fraction of sp³-hybridized carbons (Fsp3) is 0.583. The molecule has 1 saturated heterocycles. The van der Waals surface area contributed by atoms with Gasteiger partial charge in [-0.25, -0.2) is 4.98 Å². The first-order chi connectivity index (χ1) is 7.75. The molecule has 1 aromatic rings. The maximum absolute atomic E-state index is 5.63. The van der Waals surface area contributed by atoms with E-state index in [9.17, 15) is 0 Å². The van der Waals surface area contributed by atoms with Crippen LogP contribution >= 0.6 is 15.9 Å². The highest BCUT2D eigenvalue weighted by Gasteiger charge is 2.21. The molecule has 2 unspecified atom stereocenters. The van der Waals surface area contributed by atoms with Crippen LogP contribution in [0.25, 0.3) is 0 Å². The van der Waals surface area contributed by atoms with E-state index in [0.717, 1.165) is 23.4 Å². The zero-order chi connectivity index (χ0) is 11.4. The number of hydrogen-bond acceptors (Lipinski definition) is 3. The van der Waals surface area contributed by atoms with Gasteiger partial charge in [-0.2, -0.15) is 0 Å². The fourth-order valence-corrected chi connectivity index (χ4v) is 2.32. The second-order valence-electron chi connectivity index (χ2n) is 4.17. The summed E-state index contributed by atoms with van der Waals surface area (Å²) >= 11 is 3.37. The van der Waals surface area contributed by atoms with Crippen LogP contribution < -0.4 is 5.32 Å². The van der Waals surface area contributed by atoms with Crippen LogP contribution in [0.2, 0.25) is 0 Å². The van der Waals surface area contributed by atoms with Crippen molar-refractivity contribution in [2.24, 2.45) is 0 Å². The van der Waals surface area contributed by atoms with E-state index in [-0.39, 0.29) is 0 Å². The normalized spacial score (nSPS) is 22.2. The zero-order valence-electron chi connectivity index (χ0n) is 9.45. The van der Waals surface area contributed by atoms with E-state index in [2.05, 4.69) is 33.2 Å². The van der Waals surface area contributed by atoms with Gasteiger partial charge in [0.2, 0.25) is 0 Å². The molecule has 1 N–H and O–H groups in total. The summed E-state index contributed by atoms with van der Waals surface area (Å²) in [6, 6.07) is 6.36. The van der Waals surface area contributed by atoms with Crippen LogP contribution in [0.5, 0.6) is 0 Å². The molecule has 1 aliphatic heterocycles. The number of hydrogen-bond donors (Lipinski definition) is 1. The predicted octanol–water partition coefficient (Wildman–Crippen LogP) is 2.50. The molecule has 3 nitrogen and oxygen atoms in total. The number of halogens is 1. The van der Waals surface area contributed by atoms with Gasteiger partial charge in [0.25, 0.3) is 0 Å². The molecule has 88 valence electrons. The second kappa shape index (κ2) is 5.75. The fourth-order valence-electron chi connectivity index (χ4n) is 1.94. The Morgan fingerprint density at radius 1 is 1.62 bits per heavy atom. The van der Waals surface area contributed by atoms with Crippen LogP contribution in [-0.4, -0.2) is 23.7 Å². The molecule has 1 aromatic heterocycles. The summed E-state index contributed by atoms with van der Waals surface area (Å²) in [5.41, 5.74) is 1.05. The summed E-state index contributed by atoms with van der Waals surface area (Å²) in [6.07, 6.45) is 2.72. The predicted molar refractivity (Wildman–Crippen MR) is 67.2 cm³/mol. The standard InChI is InChI=1S/C12H17BrN2O/c1-9(11-5-3-7-16-11)14-8-10-4-2-6-12(13)15-10/h2,4,6,9,11,14H,3,5,7-8H2,1H3. The van der Waals surface area contributed by atoms with E-state index < -0.39 is 0 Å². The van der Waals surface area contributed by atoms with E-state index in [1.54, 1.807) is 0 Å². The topological polar surface area (TPSA) is 34.2 Å². The minimum absolute atomic E-state index is 0.368. The molecular formula is C12H17BrN2O. The van der Waals surface area contributed by atoms with Gasteiger partial charge >= 0.3 is 0 Å². The third kappa shape index (κ3) is 3.27. The molecule has 2 atom stereocenters. The average Bonchev–Trinajstić information content (AvgIpc) is 2.79. The smallest absolute Gasteiger partial charge is 0.106 e. The maximum atomic E-state index is 5.63. The molecule has 0 aliphatic carbocycles. The minimum Gasteiger partial charge on any atom is -0.377 e. The molecule has 1 aliphatic rings. The van der Waals surface area contributed by atoms with Gasteiger partial charge in [0.1, 0.15) is 4.60 Å². The van der Waals surface area contributed by atoms with Crippen LogP contribution in [0.4, 0.5) is 0 Å². The van der Waals surface area contributed by atoms with Crippen LogP contribution in [0.3, 0.4) is 0 Å². The first-order valence-corrected chi connectivity index (χ1v) is 6.51. The molecule has 4 heteroatoms. The Bertz CT molecular complexity index is 340. The molecule has 0 bridgehead atoms. The molecule has 0 aromatic carbocycles. The molecule has 16 heavy (non-hydrogen) atoms. The highest BCUT2D eigenvalue weighted by Crippen LogP contribution is 2.15. The van der Waals surface area contributed by atoms with Crippen LogP contribution in [-0.2, 0) is 11.3 Å². The minimum atomic E-state index is 0.368. The van der Waals surface area contributed by atoms with Crippen molar-refractivity contribution in [2.45, 2.75) is 38.5 Å². The zero-order valence-corrected chi connectivity index (χ0v) is 11.0. The van der Waals surface area contributed by atoms with Crippen LogP contribution in [0.1, 0.15) is 25.5 Å². The number of pyridine rings is 1. The molecule has 0 radical (unpaired) electrons. The van der Waals surface area contributed by atoms with Gasteiger partial charge in [0.15, 0.2) is 0 Å². The quantitative estimate of drug-likeness (QED) is 0.863. The first kappa shape index (κ1) is 12.0. The van der Waals surface area contributed by atoms with Crippen molar-refractivity contribution in [1.82, 2.24) is 10.3 Å². The number of ether oxygens (including phenoxy) is 1. The summed E-state index contributed by atoms with van der Waals surface area (Å²) < 4.78 is 6.52. The Kier molecular flexibility index (Phi) is 4.32. The van der Waals surface area contributed by atoms with Gasteiger partial charge in [-0.05, 0) is 47.8 Å². The summed E-state index contributed by atoms with van der Waals surface area (Å²) in [6.45, 7) is 3.88. The lowest BCUT2D eigenvalue weighted by Crippen LogP contribution is -2.36. The lowest BCUT2D eigenvalue weighted by molar-refractivity contribution is 0.0831. The average molecular weight is 285 g/mol. The van der Waals surface area contributed by atoms with Crippen molar-refractivity contribution < 1.29 is 4.74 Å². The molecule has 0 amide bonds. The van der Waals surface area contributed by atoms with Gasteiger partial charge < -0.3 is 10.1 Å². The van der Waals surface area contributed by atoms with Crippen LogP contribution in [0.15, 0.2) is 22.8 Å². The molecule has 0 spiro atoms. The van der Waals surface area contributed by atoms with Crippen molar-refractivity contribution in [3.8, 4) is 0 Å². The Hall–Kier alpha value is -0.450. The molecule has 1 fully saturated rings.